The molecule has 7 nitrogen and oxygen atoms in total. The van der Waals surface area contributed by atoms with Gasteiger partial charge in [-0.05, 0) is 67.8 Å². The van der Waals surface area contributed by atoms with Crippen LogP contribution in [-0.4, -0.2) is 44.3 Å². The maximum Gasteiger partial charge on any atom is 0.264 e. The van der Waals surface area contributed by atoms with Crippen LogP contribution in [0.25, 0.3) is 0 Å². The average molecular weight is 625 g/mol. The highest BCUT2D eigenvalue weighted by molar-refractivity contribution is 7.92. The van der Waals surface area contributed by atoms with Crippen LogP contribution in [0, 0.1) is 12.8 Å². The van der Waals surface area contributed by atoms with E-state index in [0.29, 0.717) is 11.6 Å². The van der Waals surface area contributed by atoms with E-state index in [1.165, 1.54) is 35.2 Å². The molecule has 0 aromatic heterocycles. The number of benzene rings is 3. The molecule has 11 heteroatoms. The first-order chi connectivity index (χ1) is 18.8. The Bertz CT molecular complexity index is 1430. The monoisotopic (exact) mass is 623 g/mol. The third-order valence-electron chi connectivity index (χ3n) is 6.14. The van der Waals surface area contributed by atoms with Crippen molar-refractivity contribution in [3.63, 3.8) is 0 Å². The minimum Gasteiger partial charge on any atom is -0.354 e. The van der Waals surface area contributed by atoms with Crippen molar-refractivity contribution >= 4 is 62.3 Å². The van der Waals surface area contributed by atoms with Gasteiger partial charge in [0.2, 0.25) is 11.8 Å². The number of anilines is 1. The predicted octanol–water partition coefficient (Wildman–Crippen LogP) is 6.34. The van der Waals surface area contributed by atoms with Crippen LogP contribution in [0.2, 0.25) is 15.1 Å². The standard InChI is InChI=1S/C29H32Cl3N3O4S/c1-19(2)16-33-29(37)21(4)34(17-22-7-9-23(30)10-8-22)28(36)18-35(26-14-24(31)13-25(32)15-26)40(38,39)27-11-5-20(3)6-12-27/h5-15,19,21H,16-18H2,1-4H3,(H,33,37). The molecule has 40 heavy (non-hydrogen) atoms. The number of amides is 2. The van der Waals surface area contributed by atoms with Crippen molar-refractivity contribution in [2.24, 2.45) is 5.92 Å². The Morgan fingerprint density at radius 3 is 1.98 bits per heavy atom. The third-order valence-corrected chi connectivity index (χ3v) is 8.62. The number of rotatable bonds is 11. The second kappa shape index (κ2) is 13.7. The fraction of sp³-hybridized carbons (Fsp3) is 0.310. The summed E-state index contributed by atoms with van der Waals surface area (Å²) >= 11 is 18.5. The molecule has 3 aromatic rings. The molecule has 0 aliphatic heterocycles. The Hall–Kier alpha value is -2.78. The van der Waals surface area contributed by atoms with Gasteiger partial charge in [0.15, 0.2) is 0 Å². The van der Waals surface area contributed by atoms with Crippen LogP contribution in [0.5, 0.6) is 0 Å². The van der Waals surface area contributed by atoms with Crippen LogP contribution in [0.1, 0.15) is 31.9 Å². The van der Waals surface area contributed by atoms with Gasteiger partial charge in [-0.1, -0.05) is 78.5 Å². The van der Waals surface area contributed by atoms with Gasteiger partial charge in [-0.3, -0.25) is 13.9 Å². The molecule has 2 amide bonds. The van der Waals surface area contributed by atoms with E-state index >= 15 is 0 Å². The van der Waals surface area contributed by atoms with E-state index in [4.69, 9.17) is 34.8 Å². The van der Waals surface area contributed by atoms with Crippen molar-refractivity contribution in [1.29, 1.82) is 0 Å². The summed E-state index contributed by atoms with van der Waals surface area (Å²) in [5.74, 6) is -0.733. The Balaban J connectivity index is 2.04. The molecular weight excluding hydrogens is 593 g/mol. The van der Waals surface area contributed by atoms with Crippen molar-refractivity contribution < 1.29 is 18.0 Å². The number of aryl methyl sites for hydroxylation is 1. The van der Waals surface area contributed by atoms with E-state index in [1.54, 1.807) is 43.3 Å². The largest absolute Gasteiger partial charge is 0.354 e. The zero-order valence-electron chi connectivity index (χ0n) is 22.7. The second-order valence-corrected chi connectivity index (χ2v) is 13.1. The van der Waals surface area contributed by atoms with Gasteiger partial charge in [-0.2, -0.15) is 0 Å². The molecule has 0 spiro atoms. The third kappa shape index (κ3) is 8.36. The highest BCUT2D eigenvalue weighted by Gasteiger charge is 2.33. The number of sulfonamides is 1. The summed E-state index contributed by atoms with van der Waals surface area (Å²) in [5, 5.41) is 3.79. The average Bonchev–Trinajstić information content (AvgIpc) is 2.89. The first kappa shape index (κ1) is 31.7. The molecule has 3 aromatic carbocycles. The summed E-state index contributed by atoms with van der Waals surface area (Å²) in [7, 11) is -4.23. The van der Waals surface area contributed by atoms with E-state index in [2.05, 4.69) is 5.32 Å². The molecular formula is C29H32Cl3N3O4S. The number of hydrogen-bond acceptors (Lipinski definition) is 4. The van der Waals surface area contributed by atoms with Gasteiger partial charge in [0, 0.05) is 28.2 Å². The maximum absolute atomic E-state index is 13.9. The molecule has 0 heterocycles. The number of nitrogens with zero attached hydrogens (tertiary/aromatic N) is 2. The minimum atomic E-state index is -4.23. The first-order valence-corrected chi connectivity index (χ1v) is 15.2. The maximum atomic E-state index is 13.9. The number of nitrogens with one attached hydrogen (secondary N) is 1. The Morgan fingerprint density at radius 1 is 0.850 bits per heavy atom. The van der Waals surface area contributed by atoms with Crippen molar-refractivity contribution in [2.75, 3.05) is 17.4 Å². The Morgan fingerprint density at radius 2 is 1.43 bits per heavy atom. The summed E-state index contributed by atoms with van der Waals surface area (Å²) < 4.78 is 28.7. The highest BCUT2D eigenvalue weighted by Crippen LogP contribution is 2.30. The van der Waals surface area contributed by atoms with Crippen LogP contribution < -0.4 is 9.62 Å². The molecule has 0 fully saturated rings. The highest BCUT2D eigenvalue weighted by atomic mass is 35.5. The molecule has 1 unspecified atom stereocenters. The first-order valence-electron chi connectivity index (χ1n) is 12.6. The van der Waals surface area contributed by atoms with Crippen molar-refractivity contribution in [3.8, 4) is 0 Å². The lowest BCUT2D eigenvalue weighted by molar-refractivity contribution is -0.139. The van der Waals surface area contributed by atoms with Gasteiger partial charge in [0.05, 0.1) is 10.6 Å². The summed E-state index contributed by atoms with van der Waals surface area (Å²) in [6.45, 7) is 7.27. The lowest BCUT2D eigenvalue weighted by Gasteiger charge is -2.32. The van der Waals surface area contributed by atoms with E-state index in [9.17, 15) is 18.0 Å². The molecule has 0 saturated carbocycles. The van der Waals surface area contributed by atoms with Gasteiger partial charge in [0.25, 0.3) is 10.0 Å². The van der Waals surface area contributed by atoms with E-state index in [-0.39, 0.29) is 39.0 Å². The summed E-state index contributed by atoms with van der Waals surface area (Å²) in [5.41, 5.74) is 1.72. The molecule has 0 aliphatic rings. The molecule has 1 atom stereocenters. The van der Waals surface area contributed by atoms with Crippen LogP contribution in [0.3, 0.4) is 0 Å². The molecule has 3 rings (SSSR count). The normalized spacial score (nSPS) is 12.2. The van der Waals surface area contributed by atoms with E-state index in [1.807, 2.05) is 20.8 Å². The summed E-state index contributed by atoms with van der Waals surface area (Å²) in [4.78, 5) is 28.3. The lowest BCUT2D eigenvalue weighted by Crippen LogP contribution is -2.51. The van der Waals surface area contributed by atoms with Crippen LogP contribution in [0.15, 0.2) is 71.6 Å². The molecule has 0 saturated heterocycles. The van der Waals surface area contributed by atoms with Gasteiger partial charge in [0.1, 0.15) is 12.6 Å². The lowest BCUT2D eigenvalue weighted by atomic mass is 10.1. The van der Waals surface area contributed by atoms with Gasteiger partial charge < -0.3 is 10.2 Å². The SMILES string of the molecule is Cc1ccc(S(=O)(=O)N(CC(=O)N(Cc2ccc(Cl)cc2)C(C)C(=O)NCC(C)C)c2cc(Cl)cc(Cl)c2)cc1. The Labute approximate surface area is 251 Å². The fourth-order valence-electron chi connectivity index (χ4n) is 3.87. The number of halogens is 3. The topological polar surface area (TPSA) is 86.8 Å². The molecule has 1 N–H and O–H groups in total. The molecule has 0 bridgehead atoms. The van der Waals surface area contributed by atoms with E-state index < -0.39 is 28.5 Å². The van der Waals surface area contributed by atoms with Crippen molar-refractivity contribution in [1.82, 2.24) is 10.2 Å². The number of carbonyl (C=O) groups is 2. The zero-order valence-corrected chi connectivity index (χ0v) is 25.8. The van der Waals surface area contributed by atoms with Crippen molar-refractivity contribution in [3.05, 3.63) is 92.9 Å². The minimum absolute atomic E-state index is 0.00558. The van der Waals surface area contributed by atoms with Crippen LogP contribution in [0.4, 0.5) is 5.69 Å². The summed E-state index contributed by atoms with van der Waals surface area (Å²) in [6, 6.07) is 16.6. The van der Waals surface area contributed by atoms with Crippen LogP contribution in [-0.2, 0) is 26.2 Å². The Kier molecular flexibility index (Phi) is 10.9. The number of hydrogen-bond donors (Lipinski definition) is 1. The van der Waals surface area contributed by atoms with Crippen molar-refractivity contribution in [2.45, 2.75) is 45.2 Å². The molecule has 214 valence electrons. The van der Waals surface area contributed by atoms with Gasteiger partial charge in [-0.15, -0.1) is 0 Å². The number of carbonyl (C=O) groups excluding carboxylic acids is 2. The zero-order chi connectivity index (χ0) is 29.6. The quantitative estimate of drug-likeness (QED) is 0.270. The smallest absolute Gasteiger partial charge is 0.264 e. The summed E-state index contributed by atoms with van der Waals surface area (Å²) in [6.07, 6.45) is 0. The van der Waals surface area contributed by atoms with Gasteiger partial charge >= 0.3 is 0 Å². The fourth-order valence-corrected chi connectivity index (χ4v) is 5.91. The van der Waals surface area contributed by atoms with Crippen LogP contribution >= 0.6 is 34.8 Å². The second-order valence-electron chi connectivity index (χ2n) is 9.92. The van der Waals surface area contributed by atoms with Gasteiger partial charge in [-0.25, -0.2) is 8.42 Å². The molecule has 0 radical (unpaired) electrons. The molecule has 0 aliphatic carbocycles. The van der Waals surface area contributed by atoms with E-state index in [0.717, 1.165) is 15.4 Å². The predicted molar refractivity (Wildman–Crippen MR) is 161 cm³/mol.